The highest BCUT2D eigenvalue weighted by Gasteiger charge is 2.13. The second-order valence-corrected chi connectivity index (χ2v) is 9.43. The number of sulfonamides is 1. The van der Waals surface area contributed by atoms with E-state index in [0.29, 0.717) is 5.69 Å². The van der Waals surface area contributed by atoms with Gasteiger partial charge < -0.3 is 10.3 Å². The Morgan fingerprint density at radius 2 is 1.77 bits per heavy atom. The van der Waals surface area contributed by atoms with Crippen molar-refractivity contribution >= 4 is 26.7 Å². The second-order valence-electron chi connectivity index (χ2n) is 7.68. The van der Waals surface area contributed by atoms with Gasteiger partial charge in [0.1, 0.15) is 5.65 Å². The predicted molar refractivity (Wildman–Crippen MR) is 121 cm³/mol. The number of fused-ring (bicyclic) bond motifs is 2. The summed E-state index contributed by atoms with van der Waals surface area (Å²) >= 11 is 0. The van der Waals surface area contributed by atoms with Crippen molar-refractivity contribution in [3.63, 3.8) is 0 Å². The predicted octanol–water partition coefficient (Wildman–Crippen LogP) is 3.91. The van der Waals surface area contributed by atoms with Crippen molar-refractivity contribution in [2.75, 3.05) is 17.5 Å². The summed E-state index contributed by atoms with van der Waals surface area (Å²) in [6.45, 7) is 1.94. The van der Waals surface area contributed by atoms with E-state index in [0.717, 1.165) is 53.5 Å². The van der Waals surface area contributed by atoms with Crippen LogP contribution in [0.2, 0.25) is 0 Å². The van der Waals surface area contributed by atoms with E-state index in [1.807, 2.05) is 24.5 Å². The van der Waals surface area contributed by atoms with Crippen LogP contribution in [0.25, 0.3) is 33.3 Å². The number of hydrogen-bond donors (Lipinski definition) is 3. The van der Waals surface area contributed by atoms with Gasteiger partial charge in [0.05, 0.1) is 6.26 Å². The number of aromatic nitrogens is 2. The van der Waals surface area contributed by atoms with Gasteiger partial charge in [0.15, 0.2) is 0 Å². The first-order valence-electron chi connectivity index (χ1n) is 9.84. The van der Waals surface area contributed by atoms with Crippen molar-refractivity contribution in [1.29, 1.82) is 0 Å². The zero-order valence-corrected chi connectivity index (χ0v) is 17.4. The van der Waals surface area contributed by atoms with Gasteiger partial charge in [-0.3, -0.25) is 4.72 Å². The summed E-state index contributed by atoms with van der Waals surface area (Å²) in [7, 11) is -3.29. The quantitative estimate of drug-likeness (QED) is 0.469. The summed E-state index contributed by atoms with van der Waals surface area (Å²) in [5.74, 6) is 0. The first-order chi connectivity index (χ1) is 14.5. The van der Waals surface area contributed by atoms with E-state index < -0.39 is 10.0 Å². The van der Waals surface area contributed by atoms with Crippen molar-refractivity contribution in [2.24, 2.45) is 0 Å². The van der Waals surface area contributed by atoms with Crippen molar-refractivity contribution in [1.82, 2.24) is 15.3 Å². The SMILES string of the molecule is CS(=O)(=O)Nc1ccc(-c2cnc3[nH]cc(-c4ccc5c(c4)CNCC5)c3c2)cc1. The molecule has 7 heteroatoms. The van der Waals surface area contributed by atoms with Crippen LogP contribution < -0.4 is 10.0 Å². The maximum Gasteiger partial charge on any atom is 0.229 e. The molecule has 1 aliphatic rings. The number of pyridine rings is 1. The smallest absolute Gasteiger partial charge is 0.229 e. The Bertz CT molecular complexity index is 1340. The molecule has 0 unspecified atom stereocenters. The first-order valence-corrected chi connectivity index (χ1v) is 11.7. The summed E-state index contributed by atoms with van der Waals surface area (Å²) in [4.78, 5) is 7.87. The van der Waals surface area contributed by atoms with Crippen LogP contribution in [-0.4, -0.2) is 31.2 Å². The second kappa shape index (κ2) is 7.27. The number of hydrogen-bond acceptors (Lipinski definition) is 4. The van der Waals surface area contributed by atoms with Crippen LogP contribution in [0.1, 0.15) is 11.1 Å². The molecule has 0 amide bonds. The molecule has 0 saturated heterocycles. The number of benzene rings is 2. The molecule has 0 radical (unpaired) electrons. The van der Waals surface area contributed by atoms with Gasteiger partial charge in [0, 0.05) is 41.1 Å². The number of nitrogens with zero attached hydrogens (tertiary/aromatic N) is 1. The molecule has 2 aromatic carbocycles. The van der Waals surface area contributed by atoms with E-state index in [-0.39, 0.29) is 0 Å². The summed E-state index contributed by atoms with van der Waals surface area (Å²) in [5, 5.41) is 4.50. The highest BCUT2D eigenvalue weighted by molar-refractivity contribution is 7.92. The van der Waals surface area contributed by atoms with E-state index in [4.69, 9.17) is 0 Å². The highest BCUT2D eigenvalue weighted by Crippen LogP contribution is 2.32. The van der Waals surface area contributed by atoms with Crippen LogP contribution in [-0.2, 0) is 23.0 Å². The Morgan fingerprint density at radius 3 is 2.57 bits per heavy atom. The summed E-state index contributed by atoms with van der Waals surface area (Å²) in [6.07, 6.45) is 6.05. The van der Waals surface area contributed by atoms with E-state index in [1.165, 1.54) is 16.7 Å². The molecule has 1 aliphatic heterocycles. The third kappa shape index (κ3) is 3.69. The standard InChI is InChI=1S/C23H22N4O2S/c1-30(28,29)27-20-6-4-15(5-7-20)19-11-21-22(14-26-23(21)25-13-19)17-3-2-16-8-9-24-12-18(16)10-17/h2-7,10-11,13-14,24,27H,8-9,12H2,1H3,(H,25,26). The third-order valence-electron chi connectivity index (χ3n) is 5.46. The van der Waals surface area contributed by atoms with E-state index in [2.05, 4.69) is 44.3 Å². The zero-order chi connectivity index (χ0) is 20.7. The lowest BCUT2D eigenvalue weighted by Crippen LogP contribution is -2.23. The Morgan fingerprint density at radius 1 is 0.967 bits per heavy atom. The number of H-pyrrole nitrogens is 1. The maximum absolute atomic E-state index is 11.4. The van der Waals surface area contributed by atoms with Crippen molar-refractivity contribution < 1.29 is 8.42 Å². The third-order valence-corrected chi connectivity index (χ3v) is 6.06. The molecule has 2 aromatic heterocycles. The van der Waals surface area contributed by atoms with E-state index >= 15 is 0 Å². The lowest BCUT2D eigenvalue weighted by Gasteiger charge is -2.17. The number of aromatic amines is 1. The number of anilines is 1. The monoisotopic (exact) mass is 418 g/mol. The Labute approximate surface area is 175 Å². The summed E-state index contributed by atoms with van der Waals surface area (Å²) in [6, 6.07) is 16.1. The molecular formula is C23H22N4O2S. The molecule has 0 fully saturated rings. The fourth-order valence-electron chi connectivity index (χ4n) is 3.99. The molecule has 0 atom stereocenters. The van der Waals surface area contributed by atoms with Crippen LogP contribution in [0, 0.1) is 0 Å². The van der Waals surface area contributed by atoms with Gasteiger partial charge in [-0.25, -0.2) is 13.4 Å². The molecule has 0 aliphatic carbocycles. The van der Waals surface area contributed by atoms with Crippen molar-refractivity contribution in [2.45, 2.75) is 13.0 Å². The van der Waals surface area contributed by atoms with Crippen molar-refractivity contribution in [3.8, 4) is 22.3 Å². The zero-order valence-electron chi connectivity index (χ0n) is 16.6. The molecule has 0 spiro atoms. The molecule has 6 nitrogen and oxygen atoms in total. The topological polar surface area (TPSA) is 86.9 Å². The van der Waals surface area contributed by atoms with Gasteiger partial charge in [-0.2, -0.15) is 0 Å². The van der Waals surface area contributed by atoms with Crippen LogP contribution in [0.5, 0.6) is 0 Å². The Balaban J connectivity index is 1.52. The largest absolute Gasteiger partial charge is 0.346 e. The van der Waals surface area contributed by atoms with Crippen LogP contribution in [0.3, 0.4) is 0 Å². The number of rotatable bonds is 4. The van der Waals surface area contributed by atoms with Gasteiger partial charge in [-0.15, -0.1) is 0 Å². The summed E-state index contributed by atoms with van der Waals surface area (Å²) < 4.78 is 25.3. The van der Waals surface area contributed by atoms with Gasteiger partial charge in [0.2, 0.25) is 10.0 Å². The van der Waals surface area contributed by atoms with Crippen LogP contribution in [0.4, 0.5) is 5.69 Å². The maximum atomic E-state index is 11.4. The minimum absolute atomic E-state index is 0.542. The van der Waals surface area contributed by atoms with Gasteiger partial charge in [-0.05, 0) is 59.5 Å². The fraction of sp³-hybridized carbons (Fsp3) is 0.174. The molecule has 152 valence electrons. The number of nitrogens with one attached hydrogen (secondary N) is 3. The summed E-state index contributed by atoms with van der Waals surface area (Å²) in [5.41, 5.74) is 8.42. The van der Waals surface area contributed by atoms with Gasteiger partial charge in [-0.1, -0.05) is 24.3 Å². The normalized spacial score (nSPS) is 13.9. The molecule has 30 heavy (non-hydrogen) atoms. The Kier molecular flexibility index (Phi) is 4.56. The highest BCUT2D eigenvalue weighted by atomic mass is 32.2. The molecule has 4 aromatic rings. The average Bonchev–Trinajstić information content (AvgIpc) is 3.16. The molecule has 0 saturated carbocycles. The first kappa shape index (κ1) is 18.8. The lowest BCUT2D eigenvalue weighted by atomic mass is 9.95. The van der Waals surface area contributed by atoms with Gasteiger partial charge in [0.25, 0.3) is 0 Å². The molecule has 3 N–H and O–H groups in total. The minimum atomic E-state index is -3.29. The molecule has 5 rings (SSSR count). The minimum Gasteiger partial charge on any atom is -0.346 e. The molecule has 3 heterocycles. The molecule has 0 bridgehead atoms. The van der Waals surface area contributed by atoms with Crippen LogP contribution in [0.15, 0.2) is 60.9 Å². The molecular weight excluding hydrogens is 396 g/mol. The van der Waals surface area contributed by atoms with E-state index in [1.54, 1.807) is 12.1 Å². The van der Waals surface area contributed by atoms with E-state index in [9.17, 15) is 8.42 Å². The lowest BCUT2D eigenvalue weighted by molar-refractivity contribution is 0.607. The Hall–Kier alpha value is -3.16. The van der Waals surface area contributed by atoms with Gasteiger partial charge >= 0.3 is 0 Å². The van der Waals surface area contributed by atoms with Crippen molar-refractivity contribution in [3.05, 3.63) is 72.1 Å². The van der Waals surface area contributed by atoms with Crippen LogP contribution >= 0.6 is 0 Å². The average molecular weight is 419 g/mol. The fourth-order valence-corrected chi connectivity index (χ4v) is 4.56.